The van der Waals surface area contributed by atoms with Crippen LogP contribution in [0.3, 0.4) is 0 Å². The Hall–Kier alpha value is -1.31. The summed E-state index contributed by atoms with van der Waals surface area (Å²) >= 11 is 0. The van der Waals surface area contributed by atoms with Gasteiger partial charge in [-0.1, -0.05) is 19.1 Å². The van der Waals surface area contributed by atoms with Gasteiger partial charge >= 0.3 is 0 Å². The first-order valence-electron chi connectivity index (χ1n) is 5.34. The van der Waals surface area contributed by atoms with Gasteiger partial charge in [0.1, 0.15) is 6.29 Å². The van der Waals surface area contributed by atoms with Crippen LogP contribution in [0.5, 0.6) is 0 Å². The van der Waals surface area contributed by atoms with Crippen LogP contribution in [0.2, 0.25) is 0 Å². The molecule has 1 N–H and O–H groups in total. The van der Waals surface area contributed by atoms with Crippen molar-refractivity contribution in [3.8, 4) is 0 Å². The Morgan fingerprint density at radius 3 is 2.60 bits per heavy atom. The maximum absolute atomic E-state index is 10.3. The zero-order chi connectivity index (χ0) is 11.1. The van der Waals surface area contributed by atoms with Crippen LogP contribution in [0.25, 0.3) is 0 Å². The lowest BCUT2D eigenvalue weighted by Crippen LogP contribution is -2.15. The van der Waals surface area contributed by atoms with Crippen molar-refractivity contribution in [1.82, 2.24) is 0 Å². The quantitative estimate of drug-likeness (QED) is 0.722. The lowest BCUT2D eigenvalue weighted by atomic mass is 10.1. The largest absolute Gasteiger partial charge is 0.382 e. The molecular weight excluding hydrogens is 186 g/mol. The molecule has 0 saturated heterocycles. The summed E-state index contributed by atoms with van der Waals surface area (Å²) in [5.41, 5.74) is 2.37. The third-order valence-corrected chi connectivity index (χ3v) is 2.28. The summed E-state index contributed by atoms with van der Waals surface area (Å²) in [6.07, 6.45) is 3.42. The van der Waals surface area contributed by atoms with Crippen LogP contribution in [0.15, 0.2) is 24.3 Å². The third kappa shape index (κ3) is 4.15. The Bertz CT molecular complexity index is 292. The average Bonchev–Trinajstić information content (AvgIpc) is 2.22. The first kappa shape index (κ1) is 11.8. The molecule has 1 rings (SSSR count). The molecular formula is C13H18NO. The fourth-order valence-corrected chi connectivity index (χ4v) is 1.46. The van der Waals surface area contributed by atoms with Gasteiger partial charge in [-0.05, 0) is 37.5 Å². The van der Waals surface area contributed by atoms with Gasteiger partial charge in [0.15, 0.2) is 0 Å². The smallest absolute Gasteiger partial charge is 0.122 e. The zero-order valence-electron chi connectivity index (χ0n) is 9.20. The second kappa shape index (κ2) is 6.23. The number of rotatable bonds is 6. The number of aryl methyl sites for hydroxylation is 1. The predicted molar refractivity (Wildman–Crippen MR) is 63.9 cm³/mol. The predicted octanol–water partition coefficient (Wildman–Crippen LogP) is 2.84. The molecule has 1 atom stereocenters. The normalized spacial score (nSPS) is 12.1. The molecule has 0 fully saturated rings. The Kier molecular flexibility index (Phi) is 4.88. The minimum Gasteiger partial charge on any atom is -0.382 e. The van der Waals surface area contributed by atoms with E-state index < -0.39 is 0 Å². The molecule has 15 heavy (non-hydrogen) atoms. The Balaban J connectivity index is 2.52. The highest BCUT2D eigenvalue weighted by atomic mass is 16.1. The number of aldehydes is 1. The van der Waals surface area contributed by atoms with Gasteiger partial charge in [-0.25, -0.2) is 0 Å². The maximum atomic E-state index is 10.3. The van der Waals surface area contributed by atoms with Crippen LogP contribution in [0.1, 0.15) is 25.3 Å². The molecule has 1 aromatic rings. The Morgan fingerprint density at radius 2 is 2.07 bits per heavy atom. The Morgan fingerprint density at radius 1 is 1.40 bits per heavy atom. The summed E-state index contributed by atoms with van der Waals surface area (Å²) in [6.45, 7) is 5.82. The molecule has 0 aromatic heterocycles. The molecule has 0 aliphatic carbocycles. The van der Waals surface area contributed by atoms with Crippen LogP contribution in [-0.4, -0.2) is 12.3 Å². The summed E-state index contributed by atoms with van der Waals surface area (Å²) in [7, 11) is 0. The number of carbonyl (C=O) groups excluding carboxylic acids is 1. The highest BCUT2D eigenvalue weighted by Gasteiger charge is 2.00. The van der Waals surface area contributed by atoms with Crippen molar-refractivity contribution in [3.63, 3.8) is 0 Å². The van der Waals surface area contributed by atoms with Crippen molar-refractivity contribution < 1.29 is 4.79 Å². The number of anilines is 1. The fraction of sp³-hybridized carbons (Fsp3) is 0.385. The fourth-order valence-electron chi connectivity index (χ4n) is 1.46. The average molecular weight is 204 g/mol. The highest BCUT2D eigenvalue weighted by molar-refractivity contribution is 5.53. The summed E-state index contributed by atoms with van der Waals surface area (Å²) in [4.78, 5) is 10.3. The lowest BCUT2D eigenvalue weighted by Gasteiger charge is -2.12. The molecule has 2 nitrogen and oxygen atoms in total. The summed E-state index contributed by atoms with van der Waals surface area (Å²) in [6, 6.07) is 8.49. The number of benzene rings is 1. The molecule has 0 aliphatic heterocycles. The molecule has 1 unspecified atom stereocenters. The first-order chi connectivity index (χ1) is 7.26. The second-order valence-corrected chi connectivity index (χ2v) is 3.75. The standard InChI is InChI=1S/C13H18NO/c1-3-4-12-5-7-13(8-6-12)14-11(2)9-10-15/h5-8,10-11,14H,1,3-4,9H2,2H3. The van der Waals surface area contributed by atoms with E-state index in [1.807, 2.05) is 19.1 Å². The van der Waals surface area contributed by atoms with E-state index in [-0.39, 0.29) is 6.04 Å². The molecule has 1 aromatic carbocycles. The molecule has 0 aliphatic rings. The van der Waals surface area contributed by atoms with E-state index in [4.69, 9.17) is 0 Å². The van der Waals surface area contributed by atoms with Crippen molar-refractivity contribution in [2.45, 2.75) is 32.2 Å². The number of hydrogen-bond donors (Lipinski definition) is 1. The van der Waals surface area contributed by atoms with Gasteiger partial charge in [-0.15, -0.1) is 0 Å². The third-order valence-electron chi connectivity index (χ3n) is 2.28. The number of hydrogen-bond acceptors (Lipinski definition) is 2. The molecule has 0 bridgehead atoms. The zero-order valence-corrected chi connectivity index (χ0v) is 9.20. The van der Waals surface area contributed by atoms with Crippen LogP contribution in [0, 0.1) is 6.92 Å². The second-order valence-electron chi connectivity index (χ2n) is 3.75. The summed E-state index contributed by atoms with van der Waals surface area (Å²) in [5.74, 6) is 0. The van der Waals surface area contributed by atoms with Gasteiger partial charge in [-0.2, -0.15) is 0 Å². The maximum Gasteiger partial charge on any atom is 0.122 e. The topological polar surface area (TPSA) is 29.1 Å². The van der Waals surface area contributed by atoms with Crippen molar-refractivity contribution in [1.29, 1.82) is 0 Å². The van der Waals surface area contributed by atoms with Crippen molar-refractivity contribution in [3.05, 3.63) is 36.8 Å². The minimum absolute atomic E-state index is 0.196. The van der Waals surface area contributed by atoms with Gasteiger partial charge in [0.2, 0.25) is 0 Å². The summed E-state index contributed by atoms with van der Waals surface area (Å²) < 4.78 is 0. The monoisotopic (exact) mass is 204 g/mol. The van der Waals surface area contributed by atoms with Crippen LogP contribution in [0.4, 0.5) is 5.69 Å². The van der Waals surface area contributed by atoms with Gasteiger partial charge in [0.25, 0.3) is 0 Å². The Labute approximate surface area is 91.7 Å². The highest BCUT2D eigenvalue weighted by Crippen LogP contribution is 2.12. The number of carbonyl (C=O) groups is 1. The molecule has 2 heteroatoms. The van der Waals surface area contributed by atoms with E-state index in [1.54, 1.807) is 0 Å². The molecule has 0 heterocycles. The molecule has 0 saturated carbocycles. The van der Waals surface area contributed by atoms with Crippen LogP contribution in [-0.2, 0) is 11.2 Å². The van der Waals surface area contributed by atoms with Gasteiger partial charge < -0.3 is 10.1 Å². The minimum atomic E-state index is 0.196. The van der Waals surface area contributed by atoms with E-state index in [9.17, 15) is 4.79 Å². The van der Waals surface area contributed by atoms with Crippen LogP contribution >= 0.6 is 0 Å². The molecule has 0 amide bonds. The van der Waals surface area contributed by atoms with E-state index in [0.29, 0.717) is 6.42 Å². The van der Waals surface area contributed by atoms with Gasteiger partial charge in [-0.3, -0.25) is 0 Å². The van der Waals surface area contributed by atoms with Gasteiger partial charge in [0, 0.05) is 18.2 Å². The lowest BCUT2D eigenvalue weighted by molar-refractivity contribution is -0.107. The molecule has 81 valence electrons. The first-order valence-corrected chi connectivity index (χ1v) is 5.34. The molecule has 1 radical (unpaired) electrons. The van der Waals surface area contributed by atoms with E-state index >= 15 is 0 Å². The van der Waals surface area contributed by atoms with E-state index in [1.165, 1.54) is 5.56 Å². The van der Waals surface area contributed by atoms with Crippen LogP contribution < -0.4 is 5.32 Å². The van der Waals surface area contributed by atoms with E-state index in [2.05, 4.69) is 24.4 Å². The SMILES string of the molecule is [CH2]CCc1ccc(NC(C)CC=O)cc1. The van der Waals surface area contributed by atoms with Crippen molar-refractivity contribution in [2.75, 3.05) is 5.32 Å². The van der Waals surface area contributed by atoms with Crippen molar-refractivity contribution >= 4 is 12.0 Å². The summed E-state index contributed by atoms with van der Waals surface area (Å²) in [5, 5.41) is 3.27. The van der Waals surface area contributed by atoms with E-state index in [0.717, 1.165) is 24.8 Å². The van der Waals surface area contributed by atoms with Gasteiger partial charge in [0.05, 0.1) is 0 Å². The number of nitrogens with one attached hydrogen (secondary N) is 1. The molecule has 0 spiro atoms. The van der Waals surface area contributed by atoms with Crippen molar-refractivity contribution in [2.24, 2.45) is 0 Å².